The number of nitrogens with zero attached hydrogens (tertiary/aromatic N) is 1. The number of carboxylic acids is 1. The molecule has 0 spiro atoms. The maximum atomic E-state index is 11.2. The number of methoxy groups -OCH3 is 2. The third-order valence-electron chi connectivity index (χ3n) is 3.01. The van der Waals surface area contributed by atoms with E-state index < -0.39 is 11.4 Å². The third-order valence-corrected chi connectivity index (χ3v) is 3.01. The van der Waals surface area contributed by atoms with Gasteiger partial charge >= 0.3 is 5.97 Å². The van der Waals surface area contributed by atoms with E-state index in [1.165, 1.54) is 0 Å². The smallest absolute Gasteiger partial charge is 0.310 e. The lowest BCUT2D eigenvalue weighted by molar-refractivity contribution is -0.146. The summed E-state index contributed by atoms with van der Waals surface area (Å²) >= 11 is 0. The summed E-state index contributed by atoms with van der Waals surface area (Å²) in [6.45, 7) is 3.77. The zero-order valence-corrected chi connectivity index (χ0v) is 12.1. The molecule has 0 aliphatic rings. The SMILES string of the molecule is COc1ccc(N(C)CC(C)(C)C(=O)O)c(OC)c1. The van der Waals surface area contributed by atoms with Crippen molar-refractivity contribution in [3.05, 3.63) is 18.2 Å². The van der Waals surface area contributed by atoms with Crippen LogP contribution in [0, 0.1) is 5.41 Å². The first-order valence-electron chi connectivity index (χ1n) is 5.98. The molecule has 1 rings (SSSR count). The first-order chi connectivity index (χ1) is 8.81. The summed E-state index contributed by atoms with van der Waals surface area (Å²) in [6, 6.07) is 5.46. The molecule has 0 fully saturated rings. The quantitative estimate of drug-likeness (QED) is 0.856. The van der Waals surface area contributed by atoms with Crippen molar-refractivity contribution in [2.24, 2.45) is 5.41 Å². The fourth-order valence-electron chi connectivity index (χ4n) is 1.85. The molecule has 1 aromatic carbocycles. The van der Waals surface area contributed by atoms with Gasteiger partial charge in [-0.3, -0.25) is 4.79 Å². The van der Waals surface area contributed by atoms with Gasteiger partial charge in [0.25, 0.3) is 0 Å². The van der Waals surface area contributed by atoms with E-state index in [2.05, 4.69) is 0 Å². The van der Waals surface area contributed by atoms with Crippen molar-refractivity contribution < 1.29 is 19.4 Å². The molecule has 0 radical (unpaired) electrons. The molecule has 1 aromatic rings. The highest BCUT2D eigenvalue weighted by Gasteiger charge is 2.29. The Kier molecular flexibility index (Phi) is 4.64. The molecule has 0 unspecified atom stereocenters. The van der Waals surface area contributed by atoms with Crippen molar-refractivity contribution in [2.75, 3.05) is 32.7 Å². The Labute approximate surface area is 113 Å². The van der Waals surface area contributed by atoms with Crippen molar-refractivity contribution in [3.8, 4) is 11.5 Å². The summed E-state index contributed by atoms with van der Waals surface area (Å²) in [6.07, 6.45) is 0. The molecule has 0 saturated heterocycles. The van der Waals surface area contributed by atoms with Gasteiger partial charge in [0.2, 0.25) is 0 Å². The standard InChI is InChI=1S/C14H21NO4/c1-14(2,13(16)17)9-15(3)11-7-6-10(18-4)8-12(11)19-5/h6-8H,9H2,1-5H3,(H,16,17). The molecule has 5 nitrogen and oxygen atoms in total. The number of rotatable bonds is 6. The molecular formula is C14H21NO4. The first kappa shape index (κ1) is 15.1. The fourth-order valence-corrected chi connectivity index (χ4v) is 1.85. The minimum Gasteiger partial charge on any atom is -0.497 e. The van der Waals surface area contributed by atoms with E-state index in [9.17, 15) is 4.79 Å². The second kappa shape index (κ2) is 5.82. The van der Waals surface area contributed by atoms with E-state index >= 15 is 0 Å². The molecular weight excluding hydrogens is 246 g/mol. The summed E-state index contributed by atoms with van der Waals surface area (Å²) in [7, 11) is 5.01. The predicted molar refractivity (Wildman–Crippen MR) is 74.2 cm³/mol. The normalized spacial score (nSPS) is 11.0. The van der Waals surface area contributed by atoms with Gasteiger partial charge in [-0.25, -0.2) is 0 Å². The minimum absolute atomic E-state index is 0.380. The summed E-state index contributed by atoms with van der Waals surface area (Å²) in [5.41, 5.74) is -0.00251. The van der Waals surface area contributed by atoms with Gasteiger partial charge in [0.1, 0.15) is 11.5 Å². The molecule has 0 aromatic heterocycles. The molecule has 0 amide bonds. The fraction of sp³-hybridized carbons (Fsp3) is 0.500. The Hall–Kier alpha value is -1.91. The van der Waals surface area contributed by atoms with Gasteiger partial charge in [0, 0.05) is 19.7 Å². The highest BCUT2D eigenvalue weighted by Crippen LogP contribution is 2.33. The van der Waals surface area contributed by atoms with Crippen LogP contribution in [-0.2, 0) is 4.79 Å². The van der Waals surface area contributed by atoms with Gasteiger partial charge in [-0.2, -0.15) is 0 Å². The highest BCUT2D eigenvalue weighted by molar-refractivity contribution is 5.75. The van der Waals surface area contributed by atoms with E-state index in [1.807, 2.05) is 24.1 Å². The average Bonchev–Trinajstić information content (AvgIpc) is 2.37. The average molecular weight is 267 g/mol. The van der Waals surface area contributed by atoms with Crippen molar-refractivity contribution in [1.82, 2.24) is 0 Å². The summed E-state index contributed by atoms with van der Waals surface area (Å²) in [4.78, 5) is 13.0. The van der Waals surface area contributed by atoms with Gasteiger partial charge in [0.05, 0.1) is 25.3 Å². The van der Waals surface area contributed by atoms with Gasteiger partial charge in [-0.1, -0.05) is 0 Å². The number of anilines is 1. The lowest BCUT2D eigenvalue weighted by atomic mass is 9.93. The van der Waals surface area contributed by atoms with Crippen LogP contribution < -0.4 is 14.4 Å². The van der Waals surface area contributed by atoms with Crippen molar-refractivity contribution >= 4 is 11.7 Å². The molecule has 0 saturated carbocycles. The zero-order chi connectivity index (χ0) is 14.6. The Balaban J connectivity index is 2.99. The number of carboxylic acid groups (broad SMARTS) is 1. The Morgan fingerprint density at radius 1 is 1.32 bits per heavy atom. The zero-order valence-electron chi connectivity index (χ0n) is 12.1. The second-order valence-electron chi connectivity index (χ2n) is 5.08. The van der Waals surface area contributed by atoms with Crippen LogP contribution in [0.15, 0.2) is 18.2 Å². The van der Waals surface area contributed by atoms with E-state index in [4.69, 9.17) is 14.6 Å². The topological polar surface area (TPSA) is 59.0 Å². The van der Waals surface area contributed by atoms with E-state index in [-0.39, 0.29) is 0 Å². The van der Waals surface area contributed by atoms with Crippen LogP contribution in [0.2, 0.25) is 0 Å². The second-order valence-corrected chi connectivity index (χ2v) is 5.08. The van der Waals surface area contributed by atoms with E-state index in [0.29, 0.717) is 18.0 Å². The van der Waals surface area contributed by atoms with Crippen LogP contribution in [0.1, 0.15) is 13.8 Å². The summed E-state index contributed by atoms with van der Waals surface area (Å²) < 4.78 is 10.5. The Bertz CT molecular complexity index is 457. The number of hydrogen-bond acceptors (Lipinski definition) is 4. The monoisotopic (exact) mass is 267 g/mol. The summed E-state index contributed by atoms with van der Waals surface area (Å²) in [5.74, 6) is 0.529. The molecule has 5 heteroatoms. The maximum absolute atomic E-state index is 11.2. The van der Waals surface area contributed by atoms with Gasteiger partial charge in [0.15, 0.2) is 0 Å². The minimum atomic E-state index is -0.834. The molecule has 0 bridgehead atoms. The highest BCUT2D eigenvalue weighted by atomic mass is 16.5. The summed E-state index contributed by atoms with van der Waals surface area (Å²) in [5, 5.41) is 9.17. The van der Waals surface area contributed by atoms with Crippen LogP contribution in [-0.4, -0.2) is 38.9 Å². The van der Waals surface area contributed by atoms with Crippen molar-refractivity contribution in [2.45, 2.75) is 13.8 Å². The van der Waals surface area contributed by atoms with Gasteiger partial charge < -0.3 is 19.5 Å². The predicted octanol–water partition coefficient (Wildman–Crippen LogP) is 2.25. The lowest BCUT2D eigenvalue weighted by Gasteiger charge is -2.29. The van der Waals surface area contributed by atoms with E-state index in [1.54, 1.807) is 34.1 Å². The van der Waals surface area contributed by atoms with E-state index in [0.717, 1.165) is 5.69 Å². The molecule has 0 atom stereocenters. The Morgan fingerprint density at radius 3 is 2.42 bits per heavy atom. The third kappa shape index (κ3) is 3.53. The Morgan fingerprint density at radius 2 is 1.95 bits per heavy atom. The number of aliphatic carboxylic acids is 1. The van der Waals surface area contributed by atoms with Crippen LogP contribution in [0.25, 0.3) is 0 Å². The largest absolute Gasteiger partial charge is 0.497 e. The number of benzene rings is 1. The van der Waals surface area contributed by atoms with Crippen LogP contribution in [0.3, 0.4) is 0 Å². The molecule has 0 aliphatic carbocycles. The van der Waals surface area contributed by atoms with Gasteiger partial charge in [-0.15, -0.1) is 0 Å². The van der Waals surface area contributed by atoms with Crippen LogP contribution >= 0.6 is 0 Å². The molecule has 0 heterocycles. The number of ether oxygens (including phenoxy) is 2. The molecule has 1 N–H and O–H groups in total. The number of carbonyl (C=O) groups is 1. The lowest BCUT2D eigenvalue weighted by Crippen LogP contribution is -2.37. The number of hydrogen-bond donors (Lipinski definition) is 1. The van der Waals surface area contributed by atoms with Gasteiger partial charge in [-0.05, 0) is 26.0 Å². The molecule has 19 heavy (non-hydrogen) atoms. The molecule has 106 valence electrons. The van der Waals surface area contributed by atoms with Crippen LogP contribution in [0.5, 0.6) is 11.5 Å². The maximum Gasteiger partial charge on any atom is 0.310 e. The van der Waals surface area contributed by atoms with Crippen molar-refractivity contribution in [3.63, 3.8) is 0 Å². The molecule has 0 aliphatic heterocycles. The van der Waals surface area contributed by atoms with Crippen molar-refractivity contribution in [1.29, 1.82) is 0 Å². The first-order valence-corrected chi connectivity index (χ1v) is 5.98. The van der Waals surface area contributed by atoms with Crippen LogP contribution in [0.4, 0.5) is 5.69 Å².